The zero-order valence-electron chi connectivity index (χ0n) is 9.39. The number of rotatable bonds is 2. The number of aryl methyl sites for hydroxylation is 1. The molecule has 1 aromatic rings. The molecule has 2 rings (SSSR count). The van der Waals surface area contributed by atoms with Gasteiger partial charge in [0.15, 0.2) is 0 Å². The first-order valence-corrected chi connectivity index (χ1v) is 7.24. The molecule has 1 N–H and O–H groups in total. The molecular formula is C12H15BrFNS. The minimum absolute atomic E-state index is 0.202. The van der Waals surface area contributed by atoms with Gasteiger partial charge in [0, 0.05) is 22.7 Å². The van der Waals surface area contributed by atoms with E-state index in [0.717, 1.165) is 23.4 Å². The summed E-state index contributed by atoms with van der Waals surface area (Å²) >= 11 is 5.17. The highest BCUT2D eigenvalue weighted by molar-refractivity contribution is 9.10. The van der Waals surface area contributed by atoms with Crippen molar-refractivity contribution in [1.82, 2.24) is 0 Å². The molecule has 0 bridgehead atoms. The SMILES string of the molecule is Cc1cc(Br)c(F)cc1NC1CSC(C)C1. The van der Waals surface area contributed by atoms with Crippen LogP contribution in [0, 0.1) is 12.7 Å². The topological polar surface area (TPSA) is 12.0 Å². The normalized spacial score (nSPS) is 24.8. The van der Waals surface area contributed by atoms with Crippen LogP contribution in [0.25, 0.3) is 0 Å². The minimum Gasteiger partial charge on any atom is -0.381 e. The van der Waals surface area contributed by atoms with E-state index in [1.54, 1.807) is 6.07 Å². The molecule has 0 aliphatic carbocycles. The van der Waals surface area contributed by atoms with Crippen LogP contribution in [-0.2, 0) is 0 Å². The molecule has 1 nitrogen and oxygen atoms in total. The molecule has 1 heterocycles. The predicted molar refractivity (Wildman–Crippen MR) is 72.8 cm³/mol. The van der Waals surface area contributed by atoms with Gasteiger partial charge in [-0.3, -0.25) is 0 Å². The number of hydrogen-bond acceptors (Lipinski definition) is 2. The van der Waals surface area contributed by atoms with Gasteiger partial charge >= 0.3 is 0 Å². The van der Waals surface area contributed by atoms with Gasteiger partial charge in [-0.25, -0.2) is 4.39 Å². The summed E-state index contributed by atoms with van der Waals surface area (Å²) in [6.07, 6.45) is 1.15. The maximum atomic E-state index is 13.4. The van der Waals surface area contributed by atoms with Crippen LogP contribution in [0.5, 0.6) is 0 Å². The van der Waals surface area contributed by atoms with Gasteiger partial charge in [0.1, 0.15) is 5.82 Å². The van der Waals surface area contributed by atoms with E-state index in [0.29, 0.717) is 15.8 Å². The number of anilines is 1. The second-order valence-electron chi connectivity index (χ2n) is 4.30. The summed E-state index contributed by atoms with van der Waals surface area (Å²) in [5, 5.41) is 4.13. The van der Waals surface area contributed by atoms with E-state index < -0.39 is 0 Å². The maximum absolute atomic E-state index is 13.4. The lowest BCUT2D eigenvalue weighted by atomic mass is 10.1. The van der Waals surface area contributed by atoms with Gasteiger partial charge in [-0.1, -0.05) is 6.92 Å². The van der Waals surface area contributed by atoms with Crippen LogP contribution < -0.4 is 5.32 Å². The summed E-state index contributed by atoms with van der Waals surface area (Å²) in [6, 6.07) is 3.87. The van der Waals surface area contributed by atoms with Crippen LogP contribution >= 0.6 is 27.7 Å². The van der Waals surface area contributed by atoms with E-state index >= 15 is 0 Å². The number of benzene rings is 1. The van der Waals surface area contributed by atoms with Gasteiger partial charge < -0.3 is 5.32 Å². The molecule has 1 saturated heterocycles. The Labute approximate surface area is 108 Å². The fraction of sp³-hybridized carbons (Fsp3) is 0.500. The van der Waals surface area contributed by atoms with Crippen molar-refractivity contribution >= 4 is 33.4 Å². The van der Waals surface area contributed by atoms with Gasteiger partial charge in [0.2, 0.25) is 0 Å². The Morgan fingerprint density at radius 2 is 2.25 bits per heavy atom. The molecular weight excluding hydrogens is 289 g/mol. The van der Waals surface area contributed by atoms with Crippen LogP contribution in [0.15, 0.2) is 16.6 Å². The van der Waals surface area contributed by atoms with Gasteiger partial charge in [-0.05, 0) is 47.0 Å². The average Bonchev–Trinajstić information content (AvgIpc) is 2.60. The van der Waals surface area contributed by atoms with E-state index in [1.807, 2.05) is 24.8 Å². The van der Waals surface area contributed by atoms with Gasteiger partial charge in [-0.2, -0.15) is 11.8 Å². The van der Waals surface area contributed by atoms with E-state index in [-0.39, 0.29) is 5.82 Å². The molecule has 0 aromatic heterocycles. The van der Waals surface area contributed by atoms with Crippen molar-refractivity contribution in [2.24, 2.45) is 0 Å². The van der Waals surface area contributed by atoms with E-state index in [2.05, 4.69) is 28.2 Å². The fourth-order valence-corrected chi connectivity index (χ4v) is 3.55. The molecule has 0 amide bonds. The van der Waals surface area contributed by atoms with Crippen molar-refractivity contribution in [2.45, 2.75) is 31.6 Å². The molecule has 0 saturated carbocycles. The molecule has 2 atom stereocenters. The molecule has 1 aliphatic rings. The first kappa shape index (κ1) is 12.2. The lowest BCUT2D eigenvalue weighted by molar-refractivity contribution is 0.620. The Morgan fingerprint density at radius 3 is 2.88 bits per heavy atom. The summed E-state index contributed by atoms with van der Waals surface area (Å²) in [5.41, 5.74) is 2.00. The molecule has 0 radical (unpaired) electrons. The molecule has 1 aromatic carbocycles. The molecule has 4 heteroatoms. The minimum atomic E-state index is -0.202. The number of hydrogen-bond donors (Lipinski definition) is 1. The Bertz CT molecular complexity index is 397. The first-order valence-electron chi connectivity index (χ1n) is 5.40. The van der Waals surface area contributed by atoms with Crippen molar-refractivity contribution in [3.63, 3.8) is 0 Å². The predicted octanol–water partition coefficient (Wildman–Crippen LogP) is 4.20. The Balaban J connectivity index is 2.12. The third-order valence-corrected chi connectivity index (χ3v) is 4.79. The highest BCUT2D eigenvalue weighted by Gasteiger charge is 2.22. The summed E-state index contributed by atoms with van der Waals surface area (Å²) < 4.78 is 13.9. The van der Waals surface area contributed by atoms with Crippen LogP contribution in [0.3, 0.4) is 0 Å². The van der Waals surface area contributed by atoms with E-state index in [1.165, 1.54) is 0 Å². The van der Waals surface area contributed by atoms with Crippen molar-refractivity contribution in [3.05, 3.63) is 28.0 Å². The maximum Gasteiger partial charge on any atom is 0.139 e. The quantitative estimate of drug-likeness (QED) is 0.878. The second-order valence-corrected chi connectivity index (χ2v) is 6.63. The van der Waals surface area contributed by atoms with Gasteiger partial charge in [-0.15, -0.1) is 0 Å². The van der Waals surface area contributed by atoms with Crippen molar-refractivity contribution in [3.8, 4) is 0 Å². The van der Waals surface area contributed by atoms with Crippen molar-refractivity contribution < 1.29 is 4.39 Å². The van der Waals surface area contributed by atoms with Crippen LogP contribution in [-0.4, -0.2) is 17.0 Å². The number of thioether (sulfide) groups is 1. The van der Waals surface area contributed by atoms with Crippen molar-refractivity contribution in [2.75, 3.05) is 11.1 Å². The van der Waals surface area contributed by atoms with Crippen LogP contribution in [0.2, 0.25) is 0 Å². The molecule has 1 fully saturated rings. The van der Waals surface area contributed by atoms with Gasteiger partial charge in [0.05, 0.1) is 4.47 Å². The Hall–Kier alpha value is -0.220. The summed E-state index contributed by atoms with van der Waals surface area (Å²) in [7, 11) is 0. The van der Waals surface area contributed by atoms with Gasteiger partial charge in [0.25, 0.3) is 0 Å². The largest absolute Gasteiger partial charge is 0.381 e. The number of nitrogens with one attached hydrogen (secondary N) is 1. The van der Waals surface area contributed by atoms with E-state index in [4.69, 9.17) is 0 Å². The third kappa shape index (κ3) is 2.72. The lowest BCUT2D eigenvalue weighted by Gasteiger charge is -2.16. The second kappa shape index (κ2) is 4.96. The van der Waals surface area contributed by atoms with Crippen LogP contribution in [0.4, 0.5) is 10.1 Å². The molecule has 88 valence electrons. The zero-order chi connectivity index (χ0) is 11.7. The smallest absolute Gasteiger partial charge is 0.139 e. The van der Waals surface area contributed by atoms with Crippen LogP contribution in [0.1, 0.15) is 18.9 Å². The average molecular weight is 304 g/mol. The van der Waals surface area contributed by atoms with E-state index in [9.17, 15) is 4.39 Å². The molecule has 16 heavy (non-hydrogen) atoms. The van der Waals surface area contributed by atoms with Crippen molar-refractivity contribution in [1.29, 1.82) is 0 Å². The highest BCUT2D eigenvalue weighted by Crippen LogP contribution is 2.30. The first-order chi connectivity index (χ1) is 7.56. The molecule has 1 aliphatic heterocycles. The lowest BCUT2D eigenvalue weighted by Crippen LogP contribution is -2.19. The summed E-state index contributed by atoms with van der Waals surface area (Å²) in [5.74, 6) is 0.907. The number of halogens is 2. The monoisotopic (exact) mass is 303 g/mol. The third-order valence-electron chi connectivity index (χ3n) is 2.83. The fourth-order valence-electron chi connectivity index (χ4n) is 1.94. The Kier molecular flexibility index (Phi) is 3.80. The molecule has 0 spiro atoms. The Morgan fingerprint density at radius 1 is 1.50 bits per heavy atom. The zero-order valence-corrected chi connectivity index (χ0v) is 11.8. The summed E-state index contributed by atoms with van der Waals surface area (Å²) in [4.78, 5) is 0. The summed E-state index contributed by atoms with van der Waals surface area (Å²) in [6.45, 7) is 4.24. The highest BCUT2D eigenvalue weighted by atomic mass is 79.9. The molecule has 2 unspecified atom stereocenters. The standard InChI is InChI=1S/C12H15BrFNS/c1-7-3-10(13)11(14)5-12(7)15-9-4-8(2)16-6-9/h3,5,8-9,15H,4,6H2,1-2H3.